The Morgan fingerprint density at radius 2 is 1.90 bits per heavy atom. The first-order chi connectivity index (χ1) is 14.5. The number of hydrogen-bond acceptors (Lipinski definition) is 4. The summed E-state index contributed by atoms with van der Waals surface area (Å²) in [6.45, 7) is 0.994. The Hall–Kier alpha value is -3.19. The van der Waals surface area contributed by atoms with Crippen LogP contribution in [0.3, 0.4) is 0 Å². The van der Waals surface area contributed by atoms with Crippen molar-refractivity contribution in [2.75, 3.05) is 13.1 Å². The van der Waals surface area contributed by atoms with Gasteiger partial charge in [-0.3, -0.25) is 19.5 Å². The van der Waals surface area contributed by atoms with Crippen molar-refractivity contribution in [1.29, 1.82) is 0 Å². The average molecular weight is 425 g/mol. The summed E-state index contributed by atoms with van der Waals surface area (Å²) in [4.78, 5) is 44.9. The number of nitrogens with zero attached hydrogens (tertiary/aromatic N) is 3. The zero-order valence-corrected chi connectivity index (χ0v) is 17.0. The third-order valence-electron chi connectivity index (χ3n) is 5.53. The molecule has 3 heterocycles. The maximum absolute atomic E-state index is 13.0. The van der Waals surface area contributed by atoms with Crippen LogP contribution in [0.1, 0.15) is 24.0 Å². The van der Waals surface area contributed by atoms with Gasteiger partial charge in [-0.2, -0.15) is 0 Å². The molecular formula is C22H21ClN4O3. The van der Waals surface area contributed by atoms with Gasteiger partial charge in [0.05, 0.1) is 6.54 Å². The molecule has 7 nitrogen and oxygen atoms in total. The van der Waals surface area contributed by atoms with Gasteiger partial charge in [0.2, 0.25) is 5.91 Å². The van der Waals surface area contributed by atoms with E-state index in [2.05, 4.69) is 10.3 Å². The van der Waals surface area contributed by atoms with Gasteiger partial charge in [-0.15, -0.1) is 0 Å². The highest BCUT2D eigenvalue weighted by atomic mass is 35.5. The number of aromatic nitrogens is 1. The van der Waals surface area contributed by atoms with Gasteiger partial charge in [-0.05, 0) is 48.2 Å². The second-order valence-corrected chi connectivity index (χ2v) is 7.91. The van der Waals surface area contributed by atoms with E-state index in [9.17, 15) is 14.4 Å². The number of amides is 4. The molecule has 2 aromatic rings. The molecule has 2 aliphatic rings. The van der Waals surface area contributed by atoms with Crippen molar-refractivity contribution in [2.24, 2.45) is 0 Å². The lowest BCUT2D eigenvalue weighted by Gasteiger charge is -2.36. The first kappa shape index (κ1) is 20.1. The molecule has 8 heteroatoms. The second-order valence-electron chi connectivity index (χ2n) is 7.48. The molecule has 1 aromatic carbocycles. The van der Waals surface area contributed by atoms with Crippen LogP contribution in [0.25, 0.3) is 6.08 Å². The van der Waals surface area contributed by atoms with E-state index in [-0.39, 0.29) is 18.4 Å². The van der Waals surface area contributed by atoms with Crippen LogP contribution in [0.2, 0.25) is 5.02 Å². The van der Waals surface area contributed by atoms with Gasteiger partial charge in [0.25, 0.3) is 5.91 Å². The lowest BCUT2D eigenvalue weighted by Crippen LogP contribution is -2.55. The summed E-state index contributed by atoms with van der Waals surface area (Å²) in [5.41, 5.74) is 0.733. The standard InChI is InChI=1S/C22H21ClN4O3/c23-18-6-3-17(4-7-18)15-27-20(29)22(25-21(27)30)9-12-26(13-10-22)19(28)8-5-16-2-1-11-24-14-16/h1-8,11,14H,9-10,12-13,15H2,(H,25,30)/b8-5+. The first-order valence-corrected chi connectivity index (χ1v) is 10.1. The van der Waals surface area contributed by atoms with Crippen LogP contribution in [0, 0.1) is 0 Å². The number of rotatable bonds is 4. The number of carbonyl (C=O) groups is 3. The average Bonchev–Trinajstić information content (AvgIpc) is 2.99. The molecule has 154 valence electrons. The molecule has 30 heavy (non-hydrogen) atoms. The van der Waals surface area contributed by atoms with Crippen molar-refractivity contribution in [3.63, 3.8) is 0 Å². The van der Waals surface area contributed by atoms with Crippen LogP contribution in [0.15, 0.2) is 54.9 Å². The predicted octanol–water partition coefficient (Wildman–Crippen LogP) is 2.86. The van der Waals surface area contributed by atoms with Crippen LogP contribution in [-0.4, -0.2) is 51.3 Å². The maximum Gasteiger partial charge on any atom is 0.325 e. The molecule has 2 aliphatic heterocycles. The summed E-state index contributed by atoms with van der Waals surface area (Å²) in [6.07, 6.45) is 7.36. The molecule has 0 saturated carbocycles. The Kier molecular flexibility index (Phi) is 5.55. The summed E-state index contributed by atoms with van der Waals surface area (Å²) < 4.78 is 0. The van der Waals surface area contributed by atoms with E-state index in [1.54, 1.807) is 53.7 Å². The number of pyridine rings is 1. The van der Waals surface area contributed by atoms with Crippen LogP contribution in [0.5, 0.6) is 0 Å². The molecule has 4 amide bonds. The summed E-state index contributed by atoms with van der Waals surface area (Å²) in [6, 6.07) is 10.3. The second kappa shape index (κ2) is 8.28. The highest BCUT2D eigenvalue weighted by molar-refractivity contribution is 6.30. The molecule has 1 aromatic heterocycles. The Labute approximate surface area is 179 Å². The number of hydrogen-bond donors (Lipinski definition) is 1. The monoisotopic (exact) mass is 424 g/mol. The van der Waals surface area contributed by atoms with Crippen molar-refractivity contribution < 1.29 is 14.4 Å². The molecule has 1 N–H and O–H groups in total. The normalized spacial score (nSPS) is 18.3. The third-order valence-corrected chi connectivity index (χ3v) is 5.78. The predicted molar refractivity (Wildman–Crippen MR) is 112 cm³/mol. The number of likely N-dealkylation sites (tertiary alicyclic amines) is 1. The Balaban J connectivity index is 1.38. The van der Waals surface area contributed by atoms with E-state index in [0.717, 1.165) is 11.1 Å². The van der Waals surface area contributed by atoms with Gasteiger partial charge in [0.15, 0.2) is 0 Å². The fourth-order valence-electron chi connectivity index (χ4n) is 3.79. The lowest BCUT2D eigenvalue weighted by molar-refractivity contribution is -0.136. The summed E-state index contributed by atoms with van der Waals surface area (Å²) >= 11 is 5.90. The van der Waals surface area contributed by atoms with E-state index >= 15 is 0 Å². The molecule has 0 unspecified atom stereocenters. The molecule has 1 spiro atoms. The van der Waals surface area contributed by atoms with Crippen LogP contribution < -0.4 is 5.32 Å². The largest absolute Gasteiger partial charge is 0.339 e. The quantitative estimate of drug-likeness (QED) is 0.604. The van der Waals surface area contributed by atoms with Crippen LogP contribution in [-0.2, 0) is 16.1 Å². The molecule has 4 rings (SSSR count). The van der Waals surface area contributed by atoms with Gasteiger partial charge in [-0.25, -0.2) is 4.79 Å². The number of carbonyl (C=O) groups excluding carboxylic acids is 3. The molecule has 0 atom stereocenters. The Morgan fingerprint density at radius 1 is 1.17 bits per heavy atom. The minimum absolute atomic E-state index is 0.122. The first-order valence-electron chi connectivity index (χ1n) is 9.72. The molecule has 0 bridgehead atoms. The van der Waals surface area contributed by atoms with Gasteiger partial charge < -0.3 is 10.2 Å². The topological polar surface area (TPSA) is 82.6 Å². The minimum atomic E-state index is -0.937. The molecule has 2 saturated heterocycles. The van der Waals surface area contributed by atoms with E-state index in [4.69, 9.17) is 11.6 Å². The van der Waals surface area contributed by atoms with Gasteiger partial charge in [0.1, 0.15) is 5.54 Å². The number of urea groups is 1. The summed E-state index contributed by atoms with van der Waals surface area (Å²) in [7, 11) is 0. The highest BCUT2D eigenvalue weighted by Crippen LogP contribution is 2.30. The van der Waals surface area contributed by atoms with Gasteiger partial charge >= 0.3 is 6.03 Å². The minimum Gasteiger partial charge on any atom is -0.339 e. The smallest absolute Gasteiger partial charge is 0.325 e. The zero-order valence-electron chi connectivity index (χ0n) is 16.3. The van der Waals surface area contributed by atoms with Gasteiger partial charge in [-0.1, -0.05) is 29.8 Å². The van der Waals surface area contributed by atoms with Crippen LogP contribution in [0.4, 0.5) is 4.79 Å². The van der Waals surface area contributed by atoms with Crippen molar-refractivity contribution in [3.8, 4) is 0 Å². The fourth-order valence-corrected chi connectivity index (χ4v) is 3.91. The van der Waals surface area contributed by atoms with Crippen molar-refractivity contribution >= 4 is 35.5 Å². The van der Waals surface area contributed by atoms with Gasteiger partial charge in [0, 0.05) is 36.6 Å². The highest BCUT2D eigenvalue weighted by Gasteiger charge is 2.52. The molecular weight excluding hydrogens is 404 g/mol. The SMILES string of the molecule is O=C(/C=C/c1cccnc1)N1CCC2(CC1)NC(=O)N(Cc1ccc(Cl)cc1)C2=O. The fraction of sp³-hybridized carbons (Fsp3) is 0.273. The number of nitrogens with one attached hydrogen (secondary N) is 1. The van der Waals surface area contributed by atoms with Crippen LogP contribution >= 0.6 is 11.6 Å². The van der Waals surface area contributed by atoms with E-state index in [1.165, 1.54) is 11.0 Å². The molecule has 0 aliphatic carbocycles. The third kappa shape index (κ3) is 4.07. The van der Waals surface area contributed by atoms with E-state index in [0.29, 0.717) is 31.0 Å². The number of imide groups is 1. The van der Waals surface area contributed by atoms with Crippen molar-refractivity contribution in [1.82, 2.24) is 20.1 Å². The Morgan fingerprint density at radius 3 is 2.57 bits per heavy atom. The summed E-state index contributed by atoms with van der Waals surface area (Å²) in [5.74, 6) is -0.357. The molecule has 0 radical (unpaired) electrons. The number of benzene rings is 1. The Bertz CT molecular complexity index is 983. The van der Waals surface area contributed by atoms with E-state index < -0.39 is 11.6 Å². The number of halogens is 1. The lowest BCUT2D eigenvalue weighted by atomic mass is 9.87. The van der Waals surface area contributed by atoms with Crippen molar-refractivity contribution in [3.05, 3.63) is 71.0 Å². The maximum atomic E-state index is 13.0. The summed E-state index contributed by atoms with van der Waals surface area (Å²) in [5, 5.41) is 3.46. The molecule has 2 fully saturated rings. The van der Waals surface area contributed by atoms with Crippen molar-refractivity contribution in [2.45, 2.75) is 24.9 Å². The van der Waals surface area contributed by atoms with E-state index in [1.807, 2.05) is 6.07 Å². The zero-order chi connectivity index (χ0) is 21.1. The number of piperidine rings is 1.